The number of benzene rings is 1. The fraction of sp³-hybridized carbons (Fsp3) is 0.500. The standard InChI is InChI=1S/C18H26N4O2S2/c1-12-7-8-15(13(2)9-12)20-16(23)10-26-11-17(24)21-22-18(25)19-14-5-3-4-6-14/h7-9,14H,3-6,10-11H2,1-2H3,(H,20,23)(H,21,24)(H2,19,22,25). The van der Waals surface area contributed by atoms with Gasteiger partial charge in [-0.25, -0.2) is 0 Å². The summed E-state index contributed by atoms with van der Waals surface area (Å²) in [5, 5.41) is 6.48. The largest absolute Gasteiger partial charge is 0.359 e. The lowest BCUT2D eigenvalue weighted by atomic mass is 10.1. The third kappa shape index (κ3) is 7.21. The third-order valence-corrected chi connectivity index (χ3v) is 5.28. The second kappa shape index (κ2) is 10.4. The molecule has 26 heavy (non-hydrogen) atoms. The first kappa shape index (κ1) is 20.5. The molecule has 2 rings (SSSR count). The number of carbonyl (C=O) groups is 2. The molecule has 0 saturated heterocycles. The van der Waals surface area contributed by atoms with Crippen LogP contribution >= 0.6 is 24.0 Å². The summed E-state index contributed by atoms with van der Waals surface area (Å²) >= 11 is 6.40. The summed E-state index contributed by atoms with van der Waals surface area (Å²) in [5.41, 5.74) is 8.23. The average molecular weight is 395 g/mol. The van der Waals surface area contributed by atoms with Crippen molar-refractivity contribution in [3.05, 3.63) is 29.3 Å². The van der Waals surface area contributed by atoms with Crippen molar-refractivity contribution in [1.82, 2.24) is 16.2 Å². The summed E-state index contributed by atoms with van der Waals surface area (Å²) in [4.78, 5) is 23.8. The minimum atomic E-state index is -0.218. The maximum absolute atomic E-state index is 12.0. The molecule has 2 amide bonds. The molecule has 8 heteroatoms. The summed E-state index contributed by atoms with van der Waals surface area (Å²) in [5.74, 6) is 0.0521. The highest BCUT2D eigenvalue weighted by Gasteiger charge is 2.15. The third-order valence-electron chi connectivity index (χ3n) is 4.13. The van der Waals surface area contributed by atoms with E-state index < -0.39 is 0 Å². The zero-order valence-corrected chi connectivity index (χ0v) is 16.8. The summed E-state index contributed by atoms with van der Waals surface area (Å²) in [7, 11) is 0. The molecule has 0 heterocycles. The molecule has 1 fully saturated rings. The lowest BCUT2D eigenvalue weighted by Gasteiger charge is -2.16. The normalized spacial score (nSPS) is 13.9. The van der Waals surface area contributed by atoms with Gasteiger partial charge in [0.15, 0.2) is 5.11 Å². The number of carbonyl (C=O) groups excluding carboxylic acids is 2. The Kier molecular flexibility index (Phi) is 8.18. The summed E-state index contributed by atoms with van der Waals surface area (Å²) < 4.78 is 0. The second-order valence-electron chi connectivity index (χ2n) is 6.49. The van der Waals surface area contributed by atoms with Crippen LogP contribution in [0.3, 0.4) is 0 Å². The van der Waals surface area contributed by atoms with Crippen molar-refractivity contribution in [2.24, 2.45) is 0 Å². The average Bonchev–Trinajstić information content (AvgIpc) is 3.08. The molecular weight excluding hydrogens is 368 g/mol. The highest BCUT2D eigenvalue weighted by molar-refractivity contribution is 8.00. The minimum absolute atomic E-state index is 0.124. The number of thioether (sulfide) groups is 1. The molecule has 4 N–H and O–H groups in total. The predicted octanol–water partition coefficient (Wildman–Crippen LogP) is 2.41. The Hall–Kier alpha value is -1.80. The van der Waals surface area contributed by atoms with Crippen molar-refractivity contribution in [3.63, 3.8) is 0 Å². The Morgan fingerprint density at radius 3 is 2.50 bits per heavy atom. The molecule has 6 nitrogen and oxygen atoms in total. The van der Waals surface area contributed by atoms with Crippen LogP contribution in [0.4, 0.5) is 5.69 Å². The van der Waals surface area contributed by atoms with Gasteiger partial charge in [-0.05, 0) is 50.5 Å². The van der Waals surface area contributed by atoms with E-state index in [1.54, 1.807) is 0 Å². The zero-order chi connectivity index (χ0) is 18.9. The van der Waals surface area contributed by atoms with Gasteiger partial charge in [0.2, 0.25) is 11.8 Å². The van der Waals surface area contributed by atoms with Crippen LogP contribution in [0.5, 0.6) is 0 Å². The molecule has 1 aliphatic rings. The van der Waals surface area contributed by atoms with Gasteiger partial charge in [-0.3, -0.25) is 20.4 Å². The highest BCUT2D eigenvalue weighted by atomic mass is 32.2. The van der Waals surface area contributed by atoms with Crippen LogP contribution in [-0.4, -0.2) is 34.5 Å². The number of thiocarbonyl (C=S) groups is 1. The maximum atomic E-state index is 12.0. The van der Waals surface area contributed by atoms with Crippen molar-refractivity contribution in [2.45, 2.75) is 45.6 Å². The van der Waals surface area contributed by atoms with Crippen molar-refractivity contribution >= 4 is 46.6 Å². The van der Waals surface area contributed by atoms with E-state index in [1.807, 2.05) is 32.0 Å². The van der Waals surface area contributed by atoms with Crippen LogP contribution < -0.4 is 21.5 Å². The molecule has 0 aromatic heterocycles. The van der Waals surface area contributed by atoms with E-state index in [0.29, 0.717) is 11.2 Å². The topological polar surface area (TPSA) is 82.3 Å². The monoisotopic (exact) mass is 394 g/mol. The lowest BCUT2D eigenvalue weighted by Crippen LogP contribution is -2.49. The Labute approximate surface area is 164 Å². The number of hydrogen-bond acceptors (Lipinski definition) is 4. The van der Waals surface area contributed by atoms with E-state index in [2.05, 4.69) is 21.5 Å². The first-order valence-corrected chi connectivity index (χ1v) is 10.3. The van der Waals surface area contributed by atoms with Crippen LogP contribution in [0.2, 0.25) is 0 Å². The van der Waals surface area contributed by atoms with Gasteiger partial charge < -0.3 is 10.6 Å². The van der Waals surface area contributed by atoms with Crippen molar-refractivity contribution in [2.75, 3.05) is 16.8 Å². The molecule has 1 saturated carbocycles. The Morgan fingerprint density at radius 2 is 1.81 bits per heavy atom. The van der Waals surface area contributed by atoms with Gasteiger partial charge in [0.05, 0.1) is 11.5 Å². The smallest absolute Gasteiger partial charge is 0.248 e. The number of nitrogens with one attached hydrogen (secondary N) is 4. The highest BCUT2D eigenvalue weighted by Crippen LogP contribution is 2.17. The number of amides is 2. The van der Waals surface area contributed by atoms with Gasteiger partial charge in [0.25, 0.3) is 0 Å². The number of hydrazine groups is 1. The molecule has 0 aliphatic heterocycles. The van der Waals surface area contributed by atoms with Gasteiger partial charge in [-0.15, -0.1) is 11.8 Å². The molecule has 0 unspecified atom stereocenters. The fourth-order valence-corrected chi connectivity index (χ4v) is 3.67. The SMILES string of the molecule is Cc1ccc(NC(=O)CSCC(=O)NNC(=S)NC2CCCC2)c(C)c1. The summed E-state index contributed by atoms with van der Waals surface area (Å²) in [6.45, 7) is 3.97. The molecule has 0 radical (unpaired) electrons. The molecule has 0 spiro atoms. The molecule has 1 aromatic rings. The predicted molar refractivity (Wildman–Crippen MR) is 111 cm³/mol. The Bertz CT molecular complexity index is 661. The van der Waals surface area contributed by atoms with Crippen LogP contribution in [0.25, 0.3) is 0 Å². The van der Waals surface area contributed by atoms with E-state index in [-0.39, 0.29) is 23.3 Å². The van der Waals surface area contributed by atoms with E-state index in [0.717, 1.165) is 29.7 Å². The molecule has 1 aromatic carbocycles. The molecule has 142 valence electrons. The number of aryl methyl sites for hydroxylation is 2. The molecular formula is C18H26N4O2S2. The second-order valence-corrected chi connectivity index (χ2v) is 7.88. The van der Waals surface area contributed by atoms with E-state index in [9.17, 15) is 9.59 Å². The fourth-order valence-electron chi connectivity index (χ4n) is 2.83. The van der Waals surface area contributed by atoms with Crippen LogP contribution in [0, 0.1) is 13.8 Å². The van der Waals surface area contributed by atoms with Crippen LogP contribution in [-0.2, 0) is 9.59 Å². The number of hydrogen-bond donors (Lipinski definition) is 4. The summed E-state index contributed by atoms with van der Waals surface area (Å²) in [6, 6.07) is 6.26. The van der Waals surface area contributed by atoms with Gasteiger partial charge in [-0.2, -0.15) is 0 Å². The van der Waals surface area contributed by atoms with Crippen LogP contribution in [0.15, 0.2) is 18.2 Å². The van der Waals surface area contributed by atoms with Gasteiger partial charge in [-0.1, -0.05) is 30.5 Å². The van der Waals surface area contributed by atoms with E-state index in [1.165, 1.54) is 24.6 Å². The van der Waals surface area contributed by atoms with Gasteiger partial charge in [0, 0.05) is 11.7 Å². The maximum Gasteiger partial charge on any atom is 0.248 e. The number of rotatable bonds is 6. The van der Waals surface area contributed by atoms with Crippen molar-refractivity contribution in [3.8, 4) is 0 Å². The van der Waals surface area contributed by atoms with Gasteiger partial charge in [0.1, 0.15) is 0 Å². The Morgan fingerprint density at radius 1 is 1.12 bits per heavy atom. The van der Waals surface area contributed by atoms with Gasteiger partial charge >= 0.3 is 0 Å². The first-order valence-electron chi connectivity index (χ1n) is 8.74. The van der Waals surface area contributed by atoms with Crippen molar-refractivity contribution in [1.29, 1.82) is 0 Å². The van der Waals surface area contributed by atoms with Crippen LogP contribution in [0.1, 0.15) is 36.8 Å². The molecule has 0 bridgehead atoms. The van der Waals surface area contributed by atoms with E-state index in [4.69, 9.17) is 12.2 Å². The number of anilines is 1. The van der Waals surface area contributed by atoms with Crippen molar-refractivity contribution < 1.29 is 9.59 Å². The zero-order valence-electron chi connectivity index (χ0n) is 15.2. The Balaban J connectivity index is 1.59. The quantitative estimate of drug-likeness (QED) is 0.438. The minimum Gasteiger partial charge on any atom is -0.359 e. The molecule has 1 aliphatic carbocycles. The lowest BCUT2D eigenvalue weighted by molar-refractivity contribution is -0.119. The first-order chi connectivity index (χ1) is 12.4. The summed E-state index contributed by atoms with van der Waals surface area (Å²) in [6.07, 6.45) is 4.66. The molecule has 0 atom stereocenters. The van der Waals surface area contributed by atoms with E-state index >= 15 is 0 Å².